The number of benzene rings is 1. The maximum Gasteiger partial charge on any atom is 0.128 e. The number of thiophene rings is 1. The molecule has 0 saturated heterocycles. The van der Waals surface area contributed by atoms with E-state index in [1.54, 1.807) is 6.33 Å². The Morgan fingerprint density at radius 3 is 2.84 bits per heavy atom. The van der Waals surface area contributed by atoms with Gasteiger partial charge in [0.05, 0.1) is 6.61 Å². The van der Waals surface area contributed by atoms with Crippen LogP contribution in [0.2, 0.25) is 0 Å². The van der Waals surface area contributed by atoms with Gasteiger partial charge in [-0.25, -0.2) is 9.97 Å². The van der Waals surface area contributed by atoms with E-state index in [4.69, 9.17) is 4.74 Å². The maximum absolute atomic E-state index is 5.82. The lowest BCUT2D eigenvalue weighted by molar-refractivity contribution is 0.318. The smallest absolute Gasteiger partial charge is 0.128 e. The number of nitrogens with zero attached hydrogens (tertiary/aromatic N) is 2. The fourth-order valence-corrected chi connectivity index (χ4v) is 5.46. The lowest BCUT2D eigenvalue weighted by Crippen LogP contribution is -2.00. The highest BCUT2D eigenvalue weighted by atomic mass is 32.2. The first-order valence-corrected chi connectivity index (χ1v) is 10.7. The van der Waals surface area contributed by atoms with Crippen LogP contribution < -0.4 is 4.74 Å². The average molecular weight is 371 g/mol. The molecule has 0 amide bonds. The Hall–Kier alpha value is -1.59. The van der Waals surface area contributed by atoms with E-state index in [-0.39, 0.29) is 0 Å². The number of hydrogen-bond donors (Lipinski definition) is 0. The van der Waals surface area contributed by atoms with Crippen LogP contribution in [0.25, 0.3) is 10.2 Å². The fraction of sp³-hybridized carbons (Fsp3) is 0.400. The Balaban J connectivity index is 1.36. The fourth-order valence-electron chi connectivity index (χ4n) is 3.22. The summed E-state index contributed by atoms with van der Waals surface area (Å²) in [5, 5.41) is 2.48. The van der Waals surface area contributed by atoms with Crippen molar-refractivity contribution in [3.05, 3.63) is 46.6 Å². The molecule has 0 saturated carbocycles. The third-order valence-corrected chi connectivity index (χ3v) is 6.81. The van der Waals surface area contributed by atoms with Crippen LogP contribution in [-0.4, -0.2) is 22.3 Å². The summed E-state index contributed by atoms with van der Waals surface area (Å²) in [6.07, 6.45) is 7.73. The van der Waals surface area contributed by atoms with Gasteiger partial charge in [0.25, 0.3) is 0 Å². The third-order valence-electron chi connectivity index (χ3n) is 4.53. The van der Waals surface area contributed by atoms with Gasteiger partial charge in [-0.05, 0) is 56.7 Å². The predicted octanol–water partition coefficient (Wildman–Crippen LogP) is 5.44. The highest BCUT2D eigenvalue weighted by Gasteiger charge is 2.19. The molecule has 4 rings (SSSR count). The topological polar surface area (TPSA) is 35.0 Å². The monoisotopic (exact) mass is 370 g/mol. The van der Waals surface area contributed by atoms with Gasteiger partial charge in [-0.3, -0.25) is 0 Å². The zero-order valence-electron chi connectivity index (χ0n) is 14.5. The van der Waals surface area contributed by atoms with Crippen molar-refractivity contribution in [1.29, 1.82) is 0 Å². The van der Waals surface area contributed by atoms with E-state index in [0.29, 0.717) is 0 Å². The van der Waals surface area contributed by atoms with E-state index in [9.17, 15) is 0 Å². The van der Waals surface area contributed by atoms with E-state index in [1.165, 1.54) is 51.9 Å². The Kier molecular flexibility index (Phi) is 5.22. The molecular formula is C20H22N2OS2. The summed E-state index contributed by atoms with van der Waals surface area (Å²) in [6, 6.07) is 8.24. The van der Waals surface area contributed by atoms with Crippen molar-refractivity contribution in [3.63, 3.8) is 0 Å². The van der Waals surface area contributed by atoms with Crippen molar-refractivity contribution in [2.45, 2.75) is 44.1 Å². The summed E-state index contributed by atoms with van der Waals surface area (Å²) in [5.74, 6) is 1.97. The molecule has 3 aromatic rings. The summed E-state index contributed by atoms with van der Waals surface area (Å²) in [5.41, 5.74) is 2.78. The van der Waals surface area contributed by atoms with E-state index < -0.39 is 0 Å². The number of aromatic nitrogens is 2. The molecule has 2 aromatic heterocycles. The van der Waals surface area contributed by atoms with E-state index >= 15 is 0 Å². The maximum atomic E-state index is 5.82. The van der Waals surface area contributed by atoms with Crippen molar-refractivity contribution < 1.29 is 4.74 Å². The Labute approximate surface area is 156 Å². The number of ether oxygens (including phenoxy) is 1. The van der Waals surface area contributed by atoms with Crippen LogP contribution in [0.5, 0.6) is 5.75 Å². The van der Waals surface area contributed by atoms with Crippen LogP contribution in [0, 0.1) is 6.92 Å². The first kappa shape index (κ1) is 16.9. The van der Waals surface area contributed by atoms with Gasteiger partial charge in [0.1, 0.15) is 21.9 Å². The molecule has 0 unspecified atom stereocenters. The van der Waals surface area contributed by atoms with Crippen molar-refractivity contribution in [2.75, 3.05) is 12.4 Å². The van der Waals surface area contributed by atoms with Gasteiger partial charge in [-0.1, -0.05) is 17.7 Å². The molecule has 25 heavy (non-hydrogen) atoms. The molecule has 0 N–H and O–H groups in total. The van der Waals surface area contributed by atoms with Crippen molar-refractivity contribution >= 4 is 33.3 Å². The van der Waals surface area contributed by atoms with Gasteiger partial charge in [-0.2, -0.15) is 0 Å². The van der Waals surface area contributed by atoms with E-state index in [0.717, 1.165) is 29.6 Å². The van der Waals surface area contributed by atoms with Crippen LogP contribution in [0.15, 0.2) is 35.6 Å². The molecule has 1 aliphatic carbocycles. The van der Waals surface area contributed by atoms with Gasteiger partial charge in [0, 0.05) is 16.0 Å². The standard InChI is InChI=1S/C20H22N2OS2/c1-14-7-9-15(10-8-14)23-11-4-12-24-19-18-16-5-2-3-6-17(16)25-20(18)22-13-21-19/h7-10,13H,2-6,11-12H2,1H3. The van der Waals surface area contributed by atoms with Gasteiger partial charge in [-0.15, -0.1) is 23.1 Å². The number of aryl methyl sites for hydroxylation is 3. The van der Waals surface area contributed by atoms with Crippen LogP contribution in [0.4, 0.5) is 0 Å². The normalized spacial score (nSPS) is 13.8. The molecule has 2 heterocycles. The SMILES string of the molecule is Cc1ccc(OCCCSc2ncnc3sc4c(c23)CCCC4)cc1. The quantitative estimate of drug-likeness (QED) is 0.329. The van der Waals surface area contributed by atoms with Gasteiger partial charge >= 0.3 is 0 Å². The number of thioether (sulfide) groups is 1. The molecule has 5 heteroatoms. The third kappa shape index (κ3) is 3.82. The van der Waals surface area contributed by atoms with Gasteiger partial charge in [0.2, 0.25) is 0 Å². The Morgan fingerprint density at radius 2 is 1.96 bits per heavy atom. The number of fused-ring (bicyclic) bond motifs is 3. The second-order valence-electron chi connectivity index (χ2n) is 6.43. The van der Waals surface area contributed by atoms with E-state index in [1.807, 2.05) is 35.2 Å². The zero-order chi connectivity index (χ0) is 17.1. The molecule has 0 aliphatic heterocycles. The first-order chi connectivity index (χ1) is 12.3. The molecule has 0 spiro atoms. The molecule has 0 radical (unpaired) electrons. The van der Waals surface area contributed by atoms with Gasteiger partial charge in [0.15, 0.2) is 0 Å². The molecule has 0 fully saturated rings. The number of hydrogen-bond acceptors (Lipinski definition) is 5. The first-order valence-electron chi connectivity index (χ1n) is 8.89. The minimum atomic E-state index is 0.742. The molecule has 1 aliphatic rings. The molecule has 1 aromatic carbocycles. The lowest BCUT2D eigenvalue weighted by Gasteiger charge is -2.11. The predicted molar refractivity (Wildman–Crippen MR) is 106 cm³/mol. The average Bonchev–Trinajstić information content (AvgIpc) is 3.02. The minimum absolute atomic E-state index is 0.742. The van der Waals surface area contributed by atoms with Crippen LogP contribution in [-0.2, 0) is 12.8 Å². The highest BCUT2D eigenvalue weighted by molar-refractivity contribution is 7.99. The molecule has 0 atom stereocenters. The zero-order valence-corrected chi connectivity index (χ0v) is 16.1. The summed E-state index contributed by atoms with van der Waals surface area (Å²) in [7, 11) is 0. The van der Waals surface area contributed by atoms with E-state index in [2.05, 4.69) is 29.0 Å². The van der Waals surface area contributed by atoms with Crippen molar-refractivity contribution in [1.82, 2.24) is 9.97 Å². The Morgan fingerprint density at radius 1 is 1.12 bits per heavy atom. The van der Waals surface area contributed by atoms with Crippen LogP contribution in [0.3, 0.4) is 0 Å². The summed E-state index contributed by atoms with van der Waals surface area (Å²) in [6.45, 7) is 2.83. The van der Waals surface area contributed by atoms with Crippen molar-refractivity contribution in [2.24, 2.45) is 0 Å². The molecule has 0 bridgehead atoms. The molecular weight excluding hydrogens is 348 g/mol. The minimum Gasteiger partial charge on any atom is -0.494 e. The number of rotatable bonds is 6. The van der Waals surface area contributed by atoms with Crippen LogP contribution >= 0.6 is 23.1 Å². The Bertz CT molecular complexity index is 858. The van der Waals surface area contributed by atoms with Crippen LogP contribution in [0.1, 0.15) is 35.3 Å². The lowest BCUT2D eigenvalue weighted by atomic mass is 9.97. The van der Waals surface area contributed by atoms with Gasteiger partial charge < -0.3 is 4.74 Å². The summed E-state index contributed by atoms with van der Waals surface area (Å²) >= 11 is 3.71. The second kappa shape index (κ2) is 7.75. The summed E-state index contributed by atoms with van der Waals surface area (Å²) < 4.78 is 5.82. The summed E-state index contributed by atoms with van der Waals surface area (Å²) in [4.78, 5) is 11.8. The largest absolute Gasteiger partial charge is 0.494 e. The second-order valence-corrected chi connectivity index (χ2v) is 8.60. The van der Waals surface area contributed by atoms with Crippen molar-refractivity contribution in [3.8, 4) is 5.75 Å². The molecule has 3 nitrogen and oxygen atoms in total. The molecule has 130 valence electrons. The highest BCUT2D eigenvalue weighted by Crippen LogP contribution is 2.39.